The first-order valence-corrected chi connectivity index (χ1v) is 6.89. The van der Waals surface area contributed by atoms with E-state index in [2.05, 4.69) is 9.59 Å². The summed E-state index contributed by atoms with van der Waals surface area (Å²) in [5, 5.41) is 5.44. The Hall–Kier alpha value is -1.50. The lowest BCUT2D eigenvalue weighted by Crippen LogP contribution is -2.35. The van der Waals surface area contributed by atoms with Crippen molar-refractivity contribution in [1.29, 1.82) is 0 Å². The zero-order valence-corrected chi connectivity index (χ0v) is 10.9. The highest BCUT2D eigenvalue weighted by atomic mass is 32.1. The van der Waals surface area contributed by atoms with Crippen LogP contribution < -0.4 is 0 Å². The van der Waals surface area contributed by atoms with E-state index < -0.39 is 0 Å². The first-order chi connectivity index (χ1) is 8.70. The molecule has 96 valence electrons. The molecule has 0 N–H and O–H groups in total. The van der Waals surface area contributed by atoms with Gasteiger partial charge in [-0.3, -0.25) is 9.59 Å². The number of hydrogen-bond donors (Lipinski definition) is 0. The minimum atomic E-state index is -0.103. The molecule has 0 unspecified atom stereocenters. The summed E-state index contributed by atoms with van der Waals surface area (Å²) in [5.41, 5.74) is 0.389. The van der Waals surface area contributed by atoms with Gasteiger partial charge in [-0.1, -0.05) is 4.49 Å². The molecule has 3 heterocycles. The second-order valence-corrected chi connectivity index (χ2v) is 5.35. The third-order valence-electron chi connectivity index (χ3n) is 3.77. The zero-order chi connectivity index (χ0) is 12.7. The minimum Gasteiger partial charge on any atom is -0.342 e. The molecule has 0 aromatic carbocycles. The maximum absolute atomic E-state index is 12.1. The average Bonchev–Trinajstić information content (AvgIpc) is 3.06. The van der Waals surface area contributed by atoms with Crippen molar-refractivity contribution in [3.63, 3.8) is 0 Å². The van der Waals surface area contributed by atoms with E-state index in [0.717, 1.165) is 13.1 Å². The van der Waals surface area contributed by atoms with Crippen LogP contribution in [0.2, 0.25) is 0 Å². The van der Waals surface area contributed by atoms with Crippen molar-refractivity contribution < 1.29 is 9.59 Å². The van der Waals surface area contributed by atoms with E-state index >= 15 is 0 Å². The summed E-state index contributed by atoms with van der Waals surface area (Å²) < 4.78 is 3.70. The van der Waals surface area contributed by atoms with Crippen molar-refractivity contribution >= 4 is 23.3 Å². The van der Waals surface area contributed by atoms with E-state index in [0.29, 0.717) is 18.8 Å². The molecule has 2 aliphatic heterocycles. The van der Waals surface area contributed by atoms with E-state index in [4.69, 9.17) is 0 Å². The number of carbonyl (C=O) groups is 2. The van der Waals surface area contributed by atoms with Gasteiger partial charge in [-0.25, -0.2) is 0 Å². The van der Waals surface area contributed by atoms with E-state index in [1.807, 2.05) is 11.8 Å². The number of aromatic nitrogens is 2. The van der Waals surface area contributed by atoms with Crippen LogP contribution in [0.3, 0.4) is 0 Å². The second kappa shape index (κ2) is 4.31. The van der Waals surface area contributed by atoms with Crippen LogP contribution in [0.5, 0.6) is 0 Å². The van der Waals surface area contributed by atoms with Crippen LogP contribution in [0.4, 0.5) is 0 Å². The molecule has 2 aliphatic rings. The van der Waals surface area contributed by atoms with Gasteiger partial charge in [0.15, 0.2) is 5.69 Å². The topological polar surface area (TPSA) is 66.4 Å². The SMILES string of the molecule is CCN1C[C@@H]2CN(C(=O)c3csnn3)C[C@@H]2C1=O. The molecule has 2 fully saturated rings. The van der Waals surface area contributed by atoms with Gasteiger partial charge in [-0.2, -0.15) is 0 Å². The molecule has 2 amide bonds. The van der Waals surface area contributed by atoms with Gasteiger partial charge in [-0.05, 0) is 18.5 Å². The Labute approximate surface area is 109 Å². The lowest BCUT2D eigenvalue weighted by molar-refractivity contribution is -0.130. The molecule has 3 rings (SSSR count). The molecule has 0 bridgehead atoms. The van der Waals surface area contributed by atoms with Crippen molar-refractivity contribution in [2.75, 3.05) is 26.2 Å². The van der Waals surface area contributed by atoms with Crippen LogP contribution in [0.1, 0.15) is 17.4 Å². The number of amides is 2. The Morgan fingerprint density at radius 1 is 1.50 bits per heavy atom. The summed E-state index contributed by atoms with van der Waals surface area (Å²) >= 11 is 1.17. The van der Waals surface area contributed by atoms with Crippen molar-refractivity contribution in [3.05, 3.63) is 11.1 Å². The van der Waals surface area contributed by atoms with Crippen LogP contribution >= 0.6 is 11.5 Å². The smallest absolute Gasteiger partial charge is 0.275 e. The van der Waals surface area contributed by atoms with Crippen LogP contribution in [0.15, 0.2) is 5.38 Å². The van der Waals surface area contributed by atoms with E-state index in [1.54, 1.807) is 10.3 Å². The van der Waals surface area contributed by atoms with E-state index in [1.165, 1.54) is 11.5 Å². The van der Waals surface area contributed by atoms with Crippen molar-refractivity contribution in [1.82, 2.24) is 19.4 Å². The predicted octanol–water partition coefficient (Wildman–Crippen LogP) is 0.0884. The average molecular weight is 266 g/mol. The van der Waals surface area contributed by atoms with Gasteiger partial charge in [0.05, 0.1) is 5.92 Å². The van der Waals surface area contributed by atoms with Gasteiger partial charge < -0.3 is 9.80 Å². The molecule has 0 aliphatic carbocycles. The number of hydrogen-bond acceptors (Lipinski definition) is 5. The molecule has 1 aromatic heterocycles. The fourth-order valence-electron chi connectivity index (χ4n) is 2.81. The molecule has 7 heteroatoms. The maximum atomic E-state index is 12.1. The summed E-state index contributed by atoms with van der Waals surface area (Å²) in [4.78, 5) is 27.7. The molecule has 0 saturated carbocycles. The van der Waals surface area contributed by atoms with Crippen molar-refractivity contribution in [3.8, 4) is 0 Å². The van der Waals surface area contributed by atoms with Crippen LogP contribution in [0.25, 0.3) is 0 Å². The number of carbonyl (C=O) groups excluding carboxylic acids is 2. The summed E-state index contributed by atoms with van der Waals surface area (Å²) in [5.74, 6) is 0.358. The Morgan fingerprint density at radius 3 is 2.94 bits per heavy atom. The standard InChI is InChI=1S/C11H14N4O2S/c1-2-14-3-7-4-15(5-8(7)10(14)16)11(17)9-6-18-13-12-9/h6-8H,2-5H2,1H3/t7-,8+/m1/s1. The Morgan fingerprint density at radius 2 is 2.33 bits per heavy atom. The highest BCUT2D eigenvalue weighted by Crippen LogP contribution is 2.32. The first-order valence-electron chi connectivity index (χ1n) is 6.05. The van der Waals surface area contributed by atoms with Gasteiger partial charge >= 0.3 is 0 Å². The molecule has 6 nitrogen and oxygen atoms in total. The summed E-state index contributed by atoms with van der Waals surface area (Å²) in [6.45, 7) is 4.71. The largest absolute Gasteiger partial charge is 0.342 e. The van der Waals surface area contributed by atoms with Gasteiger partial charge in [-0.15, -0.1) is 5.10 Å². The first kappa shape index (κ1) is 11.6. The van der Waals surface area contributed by atoms with Gasteiger partial charge in [0, 0.05) is 37.5 Å². The Kier molecular flexibility index (Phi) is 2.77. The fraction of sp³-hybridized carbons (Fsp3) is 0.636. The Bertz CT molecular complexity index is 475. The fourth-order valence-corrected chi connectivity index (χ4v) is 3.24. The number of fused-ring (bicyclic) bond motifs is 1. The van der Waals surface area contributed by atoms with Crippen LogP contribution in [-0.4, -0.2) is 57.4 Å². The normalized spacial score (nSPS) is 26.8. The highest BCUT2D eigenvalue weighted by molar-refractivity contribution is 7.03. The van der Waals surface area contributed by atoms with E-state index in [-0.39, 0.29) is 23.7 Å². The molecular formula is C11H14N4O2S. The lowest BCUT2D eigenvalue weighted by Gasteiger charge is -2.19. The molecule has 0 radical (unpaired) electrons. The summed E-state index contributed by atoms with van der Waals surface area (Å²) in [7, 11) is 0. The monoisotopic (exact) mass is 266 g/mol. The van der Waals surface area contributed by atoms with Gasteiger partial charge in [0.1, 0.15) is 0 Å². The highest BCUT2D eigenvalue weighted by Gasteiger charge is 2.47. The molecule has 2 atom stereocenters. The lowest BCUT2D eigenvalue weighted by atomic mass is 10.0. The quantitative estimate of drug-likeness (QED) is 0.761. The molecule has 0 spiro atoms. The third kappa shape index (κ3) is 1.69. The molecular weight excluding hydrogens is 252 g/mol. The van der Waals surface area contributed by atoms with Crippen molar-refractivity contribution in [2.24, 2.45) is 11.8 Å². The maximum Gasteiger partial charge on any atom is 0.275 e. The van der Waals surface area contributed by atoms with Crippen LogP contribution in [-0.2, 0) is 4.79 Å². The number of rotatable bonds is 2. The van der Waals surface area contributed by atoms with Gasteiger partial charge in [0.25, 0.3) is 5.91 Å². The van der Waals surface area contributed by atoms with Gasteiger partial charge in [0.2, 0.25) is 5.91 Å². The second-order valence-electron chi connectivity index (χ2n) is 4.74. The van der Waals surface area contributed by atoms with Crippen molar-refractivity contribution in [2.45, 2.75) is 6.92 Å². The van der Waals surface area contributed by atoms with E-state index in [9.17, 15) is 9.59 Å². The molecule has 2 saturated heterocycles. The minimum absolute atomic E-state index is 0.0134. The number of likely N-dealkylation sites (tertiary alicyclic amines) is 2. The molecule has 1 aromatic rings. The molecule has 18 heavy (non-hydrogen) atoms. The Balaban J connectivity index is 1.71. The summed E-state index contributed by atoms with van der Waals surface area (Å²) in [6, 6.07) is 0. The summed E-state index contributed by atoms with van der Waals surface area (Å²) in [6.07, 6.45) is 0. The zero-order valence-electron chi connectivity index (χ0n) is 10.1. The van der Waals surface area contributed by atoms with Crippen LogP contribution in [0, 0.1) is 11.8 Å². The number of nitrogens with zero attached hydrogens (tertiary/aromatic N) is 4. The third-order valence-corrected chi connectivity index (χ3v) is 4.28. The predicted molar refractivity (Wildman–Crippen MR) is 65.0 cm³/mol.